The zero-order valence-electron chi connectivity index (χ0n) is 11.6. The molecule has 21 heavy (non-hydrogen) atoms. The van der Waals surface area contributed by atoms with E-state index in [0.717, 1.165) is 0 Å². The lowest BCUT2D eigenvalue weighted by molar-refractivity contribution is -0.146. The number of hydrogen-bond acceptors (Lipinski definition) is 5. The second kappa shape index (κ2) is 7.39. The molecule has 0 aliphatic heterocycles. The Bertz CT molecular complexity index is 529. The van der Waals surface area contributed by atoms with Crippen molar-refractivity contribution in [2.24, 2.45) is 0 Å². The normalized spacial score (nSPS) is 10.8. The number of halogens is 1. The van der Waals surface area contributed by atoms with Crippen molar-refractivity contribution in [2.45, 2.75) is 17.3 Å². The molecular weight excluding hydrogens is 391 g/mol. The SMILES string of the molecule is CC(C)(I)C(=O)OCCOC(=O)c1ccc(C(=O)O)cc1. The molecule has 0 atom stereocenters. The van der Waals surface area contributed by atoms with Gasteiger partial charge in [-0.1, -0.05) is 22.6 Å². The molecule has 6 nitrogen and oxygen atoms in total. The van der Waals surface area contributed by atoms with Crippen LogP contribution in [0.15, 0.2) is 24.3 Å². The van der Waals surface area contributed by atoms with Gasteiger partial charge in [-0.2, -0.15) is 0 Å². The summed E-state index contributed by atoms with van der Waals surface area (Å²) in [6, 6.07) is 5.37. The van der Waals surface area contributed by atoms with E-state index in [9.17, 15) is 14.4 Å². The Labute approximate surface area is 135 Å². The van der Waals surface area contributed by atoms with E-state index >= 15 is 0 Å². The number of carboxylic acids is 1. The second-order valence-electron chi connectivity index (χ2n) is 4.63. The lowest BCUT2D eigenvalue weighted by Crippen LogP contribution is -2.28. The minimum Gasteiger partial charge on any atom is -0.478 e. The highest BCUT2D eigenvalue weighted by Gasteiger charge is 2.25. The van der Waals surface area contributed by atoms with Gasteiger partial charge in [0, 0.05) is 0 Å². The van der Waals surface area contributed by atoms with Crippen molar-refractivity contribution in [3.05, 3.63) is 35.4 Å². The number of benzene rings is 1. The largest absolute Gasteiger partial charge is 0.478 e. The molecule has 0 aliphatic rings. The highest BCUT2D eigenvalue weighted by atomic mass is 127. The quantitative estimate of drug-likeness (QED) is 0.338. The summed E-state index contributed by atoms with van der Waals surface area (Å²) in [6.07, 6.45) is 0. The van der Waals surface area contributed by atoms with Crippen molar-refractivity contribution < 1.29 is 29.0 Å². The average molecular weight is 406 g/mol. The van der Waals surface area contributed by atoms with Crippen LogP contribution in [0.3, 0.4) is 0 Å². The lowest BCUT2D eigenvalue weighted by Gasteiger charge is -2.14. The molecule has 0 fully saturated rings. The molecule has 0 unspecified atom stereocenters. The summed E-state index contributed by atoms with van der Waals surface area (Å²) in [7, 11) is 0. The van der Waals surface area contributed by atoms with Crippen molar-refractivity contribution in [2.75, 3.05) is 13.2 Å². The monoisotopic (exact) mass is 406 g/mol. The number of aromatic carboxylic acids is 1. The second-order valence-corrected chi connectivity index (χ2v) is 7.32. The Morgan fingerprint density at radius 2 is 1.52 bits per heavy atom. The van der Waals surface area contributed by atoms with Crippen LogP contribution in [-0.4, -0.2) is 39.6 Å². The van der Waals surface area contributed by atoms with E-state index < -0.39 is 15.4 Å². The average Bonchev–Trinajstić information content (AvgIpc) is 2.42. The Morgan fingerprint density at radius 1 is 1.05 bits per heavy atom. The van der Waals surface area contributed by atoms with Gasteiger partial charge < -0.3 is 14.6 Å². The van der Waals surface area contributed by atoms with Gasteiger partial charge in [-0.3, -0.25) is 4.79 Å². The first-order valence-corrected chi connectivity index (χ1v) is 7.16. The molecule has 7 heteroatoms. The molecule has 0 heterocycles. The summed E-state index contributed by atoms with van der Waals surface area (Å²) in [4.78, 5) is 33.8. The van der Waals surface area contributed by atoms with Crippen LogP contribution in [0.4, 0.5) is 0 Å². The van der Waals surface area contributed by atoms with Crippen LogP contribution < -0.4 is 0 Å². The van der Waals surface area contributed by atoms with E-state index in [2.05, 4.69) is 0 Å². The first kappa shape index (κ1) is 17.4. The van der Waals surface area contributed by atoms with E-state index in [-0.39, 0.29) is 30.3 Å². The Morgan fingerprint density at radius 3 is 2.00 bits per heavy atom. The fourth-order valence-corrected chi connectivity index (χ4v) is 1.43. The van der Waals surface area contributed by atoms with Crippen LogP contribution >= 0.6 is 22.6 Å². The van der Waals surface area contributed by atoms with Gasteiger partial charge in [-0.25, -0.2) is 9.59 Å². The van der Waals surface area contributed by atoms with Crippen LogP contribution in [-0.2, 0) is 14.3 Å². The number of alkyl halides is 1. The van der Waals surface area contributed by atoms with Gasteiger partial charge in [0.1, 0.15) is 16.6 Å². The Kier molecular flexibility index (Phi) is 6.13. The molecule has 0 amide bonds. The maximum absolute atomic E-state index is 11.7. The molecule has 0 bridgehead atoms. The minimum atomic E-state index is -1.07. The van der Waals surface area contributed by atoms with Crippen LogP contribution in [0.2, 0.25) is 0 Å². The zero-order valence-corrected chi connectivity index (χ0v) is 13.7. The van der Waals surface area contributed by atoms with Gasteiger partial charge in [-0.15, -0.1) is 0 Å². The Balaban J connectivity index is 2.41. The zero-order chi connectivity index (χ0) is 16.0. The van der Waals surface area contributed by atoms with Crippen molar-refractivity contribution in [3.8, 4) is 0 Å². The lowest BCUT2D eigenvalue weighted by atomic mass is 10.1. The number of esters is 2. The summed E-state index contributed by atoms with van der Waals surface area (Å²) in [6.45, 7) is 3.35. The van der Waals surface area contributed by atoms with Crippen molar-refractivity contribution >= 4 is 40.5 Å². The predicted molar refractivity (Wildman–Crippen MR) is 82.7 cm³/mol. The smallest absolute Gasteiger partial charge is 0.338 e. The van der Waals surface area contributed by atoms with Gasteiger partial charge in [0.2, 0.25) is 0 Å². The van der Waals surface area contributed by atoms with Crippen LogP contribution in [0.25, 0.3) is 0 Å². The first-order chi connectivity index (χ1) is 9.71. The third-order valence-corrected chi connectivity index (χ3v) is 2.84. The molecule has 0 saturated heterocycles. The fraction of sp³-hybridized carbons (Fsp3) is 0.357. The molecule has 0 aliphatic carbocycles. The van der Waals surface area contributed by atoms with E-state index in [1.54, 1.807) is 13.8 Å². The third-order valence-electron chi connectivity index (χ3n) is 2.40. The van der Waals surface area contributed by atoms with E-state index in [0.29, 0.717) is 0 Å². The molecular formula is C14H15IO6. The van der Waals surface area contributed by atoms with Crippen LogP contribution in [0.1, 0.15) is 34.6 Å². The third kappa shape index (κ3) is 5.70. The highest BCUT2D eigenvalue weighted by molar-refractivity contribution is 14.1. The number of ether oxygens (including phenoxy) is 2. The molecule has 0 radical (unpaired) electrons. The number of carboxylic acid groups (broad SMARTS) is 1. The molecule has 1 rings (SSSR count). The van der Waals surface area contributed by atoms with Crippen LogP contribution in [0.5, 0.6) is 0 Å². The molecule has 1 N–H and O–H groups in total. The summed E-state index contributed by atoms with van der Waals surface area (Å²) >= 11 is 1.96. The van der Waals surface area contributed by atoms with Gasteiger partial charge >= 0.3 is 17.9 Å². The maximum atomic E-state index is 11.7. The first-order valence-electron chi connectivity index (χ1n) is 6.08. The summed E-state index contributed by atoms with van der Waals surface area (Å²) in [5.74, 6) is -2.05. The van der Waals surface area contributed by atoms with Gasteiger partial charge in [0.15, 0.2) is 0 Å². The molecule has 0 aromatic heterocycles. The molecule has 0 saturated carbocycles. The van der Waals surface area contributed by atoms with Crippen LogP contribution in [0, 0.1) is 0 Å². The van der Waals surface area contributed by atoms with Crippen molar-refractivity contribution in [1.82, 2.24) is 0 Å². The summed E-state index contributed by atoms with van der Waals surface area (Å²) < 4.78 is 9.24. The topological polar surface area (TPSA) is 89.9 Å². The maximum Gasteiger partial charge on any atom is 0.338 e. The summed E-state index contributed by atoms with van der Waals surface area (Å²) in [5.41, 5.74) is 0.324. The van der Waals surface area contributed by atoms with Gasteiger partial charge in [0.25, 0.3) is 0 Å². The number of carbonyl (C=O) groups excluding carboxylic acids is 2. The number of carbonyl (C=O) groups is 3. The molecule has 1 aromatic rings. The predicted octanol–water partition coefficient (Wildman–Crippen LogP) is 2.30. The van der Waals surface area contributed by atoms with Gasteiger partial charge in [-0.05, 0) is 38.1 Å². The van der Waals surface area contributed by atoms with Gasteiger partial charge in [0.05, 0.1) is 11.1 Å². The molecule has 0 spiro atoms. The van der Waals surface area contributed by atoms with E-state index in [1.807, 2.05) is 22.6 Å². The number of hydrogen-bond donors (Lipinski definition) is 1. The van der Waals surface area contributed by atoms with E-state index in [1.165, 1.54) is 24.3 Å². The molecule has 1 aromatic carbocycles. The van der Waals surface area contributed by atoms with Crippen molar-refractivity contribution in [1.29, 1.82) is 0 Å². The van der Waals surface area contributed by atoms with Crippen molar-refractivity contribution in [3.63, 3.8) is 0 Å². The van der Waals surface area contributed by atoms with E-state index in [4.69, 9.17) is 14.6 Å². The Hall–Kier alpha value is -1.64. The molecule has 114 valence electrons. The summed E-state index contributed by atoms with van der Waals surface area (Å²) in [5, 5.41) is 8.74. The minimum absolute atomic E-state index is 0.0236. The fourth-order valence-electron chi connectivity index (χ4n) is 1.27. The highest BCUT2D eigenvalue weighted by Crippen LogP contribution is 2.18. The number of rotatable bonds is 6. The standard InChI is InChI=1S/C14H15IO6/c1-14(2,15)13(19)21-8-7-20-12(18)10-5-3-9(4-6-10)11(16)17/h3-6H,7-8H2,1-2H3,(H,16,17).